The number of para-hydroxylation sites is 1. The van der Waals surface area contributed by atoms with Gasteiger partial charge in [0.05, 0.1) is 5.69 Å². The molecule has 1 fully saturated rings. The first-order valence-electron chi connectivity index (χ1n) is 6.99. The number of hydrogen-bond donors (Lipinski definition) is 1. The highest BCUT2D eigenvalue weighted by Crippen LogP contribution is 2.33. The molecule has 3 heteroatoms. The fourth-order valence-electron chi connectivity index (χ4n) is 2.86. The standard InChI is InChI=1S/C15H20N2O/c16-12-9-6-10-13-14(12)17-15(18-13)11-7-4-2-1-3-5-8-11/h6,9-11H,1-5,7-8,16H2. The number of benzene rings is 1. The fourth-order valence-corrected chi connectivity index (χ4v) is 2.86. The Morgan fingerprint density at radius 1 is 1.06 bits per heavy atom. The van der Waals surface area contributed by atoms with E-state index in [2.05, 4.69) is 4.98 Å². The van der Waals surface area contributed by atoms with Crippen LogP contribution in [0.5, 0.6) is 0 Å². The van der Waals surface area contributed by atoms with Crippen molar-refractivity contribution in [2.75, 3.05) is 5.73 Å². The minimum Gasteiger partial charge on any atom is -0.440 e. The summed E-state index contributed by atoms with van der Waals surface area (Å²) in [6.07, 6.45) is 9.06. The van der Waals surface area contributed by atoms with Crippen LogP contribution in [0.1, 0.15) is 56.8 Å². The molecule has 1 aliphatic carbocycles. The number of nitrogen functional groups attached to an aromatic ring is 1. The van der Waals surface area contributed by atoms with Crippen molar-refractivity contribution in [2.45, 2.75) is 50.9 Å². The topological polar surface area (TPSA) is 52.0 Å². The molecule has 3 nitrogen and oxygen atoms in total. The molecule has 18 heavy (non-hydrogen) atoms. The van der Waals surface area contributed by atoms with E-state index in [1.54, 1.807) is 0 Å². The van der Waals surface area contributed by atoms with Gasteiger partial charge >= 0.3 is 0 Å². The van der Waals surface area contributed by atoms with E-state index in [1.807, 2.05) is 18.2 Å². The van der Waals surface area contributed by atoms with Crippen LogP contribution in [0.3, 0.4) is 0 Å². The van der Waals surface area contributed by atoms with E-state index in [0.29, 0.717) is 11.6 Å². The third-order valence-corrected chi connectivity index (χ3v) is 3.92. The van der Waals surface area contributed by atoms with Gasteiger partial charge in [-0.1, -0.05) is 38.2 Å². The van der Waals surface area contributed by atoms with Crippen LogP contribution < -0.4 is 5.73 Å². The summed E-state index contributed by atoms with van der Waals surface area (Å²) in [4.78, 5) is 4.62. The monoisotopic (exact) mass is 244 g/mol. The highest BCUT2D eigenvalue weighted by Gasteiger charge is 2.19. The van der Waals surface area contributed by atoms with Gasteiger partial charge in [0.15, 0.2) is 11.5 Å². The number of aromatic nitrogens is 1. The van der Waals surface area contributed by atoms with Crippen LogP contribution in [-0.4, -0.2) is 4.98 Å². The van der Waals surface area contributed by atoms with E-state index in [0.717, 1.165) is 17.0 Å². The molecule has 1 heterocycles. The van der Waals surface area contributed by atoms with Gasteiger partial charge in [0.2, 0.25) is 0 Å². The smallest absolute Gasteiger partial charge is 0.198 e. The molecule has 1 aromatic heterocycles. The molecule has 0 amide bonds. The molecule has 2 aromatic rings. The molecule has 0 spiro atoms. The molecular formula is C15H20N2O. The summed E-state index contributed by atoms with van der Waals surface area (Å²) in [6, 6.07) is 5.75. The Morgan fingerprint density at radius 2 is 1.78 bits per heavy atom. The molecule has 0 saturated heterocycles. The zero-order valence-corrected chi connectivity index (χ0v) is 10.7. The average molecular weight is 244 g/mol. The predicted octanol–water partition coefficient (Wildman–Crippen LogP) is 4.24. The van der Waals surface area contributed by atoms with Gasteiger partial charge < -0.3 is 10.2 Å². The first kappa shape index (κ1) is 11.6. The van der Waals surface area contributed by atoms with E-state index in [4.69, 9.17) is 10.2 Å². The van der Waals surface area contributed by atoms with Crippen molar-refractivity contribution in [1.29, 1.82) is 0 Å². The largest absolute Gasteiger partial charge is 0.440 e. The second-order valence-electron chi connectivity index (χ2n) is 5.29. The van der Waals surface area contributed by atoms with Crippen molar-refractivity contribution in [3.05, 3.63) is 24.1 Å². The molecule has 0 unspecified atom stereocenters. The number of rotatable bonds is 1. The molecular weight excluding hydrogens is 224 g/mol. The van der Waals surface area contributed by atoms with Crippen molar-refractivity contribution >= 4 is 16.8 Å². The predicted molar refractivity (Wildman–Crippen MR) is 73.5 cm³/mol. The van der Waals surface area contributed by atoms with Crippen LogP contribution in [0.2, 0.25) is 0 Å². The molecule has 0 aliphatic heterocycles. The Balaban J connectivity index is 1.90. The SMILES string of the molecule is Nc1cccc2oc(C3CCCCCCC3)nc12. The summed E-state index contributed by atoms with van der Waals surface area (Å²) < 4.78 is 5.89. The molecule has 1 saturated carbocycles. The molecule has 1 aliphatic rings. The van der Waals surface area contributed by atoms with Crippen molar-refractivity contribution < 1.29 is 4.42 Å². The Labute approximate surface area is 107 Å². The summed E-state index contributed by atoms with van der Waals surface area (Å²) in [5, 5.41) is 0. The number of hydrogen-bond acceptors (Lipinski definition) is 3. The molecule has 96 valence electrons. The summed E-state index contributed by atoms with van der Waals surface area (Å²) in [5.74, 6) is 1.38. The zero-order chi connectivity index (χ0) is 12.4. The van der Waals surface area contributed by atoms with Crippen LogP contribution in [0, 0.1) is 0 Å². The Hall–Kier alpha value is -1.51. The van der Waals surface area contributed by atoms with Gasteiger partial charge in [-0.05, 0) is 25.0 Å². The Bertz CT molecular complexity index is 524. The second-order valence-corrected chi connectivity index (χ2v) is 5.29. The van der Waals surface area contributed by atoms with Crippen molar-refractivity contribution in [2.24, 2.45) is 0 Å². The highest BCUT2D eigenvalue weighted by molar-refractivity contribution is 5.85. The maximum absolute atomic E-state index is 5.93. The molecule has 2 N–H and O–H groups in total. The molecule has 1 aromatic carbocycles. The van der Waals surface area contributed by atoms with Gasteiger partial charge in [0.1, 0.15) is 5.52 Å². The summed E-state index contributed by atoms with van der Waals surface area (Å²) in [6.45, 7) is 0. The second kappa shape index (κ2) is 5.01. The number of oxazole rings is 1. The lowest BCUT2D eigenvalue weighted by Gasteiger charge is -2.16. The van der Waals surface area contributed by atoms with Crippen LogP contribution in [0.4, 0.5) is 5.69 Å². The Kier molecular flexibility index (Phi) is 3.22. The van der Waals surface area contributed by atoms with E-state index in [-0.39, 0.29) is 0 Å². The van der Waals surface area contributed by atoms with Crippen molar-refractivity contribution in [3.63, 3.8) is 0 Å². The summed E-state index contributed by atoms with van der Waals surface area (Å²) in [5.41, 5.74) is 8.30. The molecule has 0 bridgehead atoms. The maximum atomic E-state index is 5.93. The van der Waals surface area contributed by atoms with Crippen molar-refractivity contribution in [1.82, 2.24) is 4.98 Å². The lowest BCUT2D eigenvalue weighted by Crippen LogP contribution is -2.02. The van der Waals surface area contributed by atoms with Gasteiger partial charge in [0, 0.05) is 5.92 Å². The normalized spacial score (nSPS) is 18.7. The summed E-state index contributed by atoms with van der Waals surface area (Å²) in [7, 11) is 0. The quantitative estimate of drug-likeness (QED) is 0.763. The van der Waals surface area contributed by atoms with Gasteiger partial charge in [-0.2, -0.15) is 0 Å². The number of nitrogens with two attached hydrogens (primary N) is 1. The zero-order valence-electron chi connectivity index (χ0n) is 10.7. The van der Waals surface area contributed by atoms with E-state index in [9.17, 15) is 0 Å². The number of fused-ring (bicyclic) bond motifs is 1. The minimum absolute atomic E-state index is 0.483. The third kappa shape index (κ3) is 2.22. The highest BCUT2D eigenvalue weighted by atomic mass is 16.3. The van der Waals surface area contributed by atoms with Gasteiger partial charge in [-0.15, -0.1) is 0 Å². The lowest BCUT2D eigenvalue weighted by atomic mass is 9.91. The molecule has 3 rings (SSSR count). The average Bonchev–Trinajstić information content (AvgIpc) is 2.73. The first-order valence-corrected chi connectivity index (χ1v) is 6.99. The molecule has 0 radical (unpaired) electrons. The minimum atomic E-state index is 0.483. The van der Waals surface area contributed by atoms with Crippen LogP contribution >= 0.6 is 0 Å². The number of anilines is 1. The fraction of sp³-hybridized carbons (Fsp3) is 0.533. The third-order valence-electron chi connectivity index (χ3n) is 3.92. The van der Waals surface area contributed by atoms with E-state index < -0.39 is 0 Å². The van der Waals surface area contributed by atoms with Crippen LogP contribution in [-0.2, 0) is 0 Å². The van der Waals surface area contributed by atoms with Crippen molar-refractivity contribution in [3.8, 4) is 0 Å². The van der Waals surface area contributed by atoms with Gasteiger partial charge in [0.25, 0.3) is 0 Å². The van der Waals surface area contributed by atoms with E-state index in [1.165, 1.54) is 44.9 Å². The lowest BCUT2D eigenvalue weighted by molar-refractivity contribution is 0.387. The van der Waals surface area contributed by atoms with Gasteiger partial charge in [-0.3, -0.25) is 0 Å². The Morgan fingerprint density at radius 3 is 2.50 bits per heavy atom. The first-order chi connectivity index (χ1) is 8.84. The molecule has 0 atom stereocenters. The summed E-state index contributed by atoms with van der Waals surface area (Å²) >= 11 is 0. The van der Waals surface area contributed by atoms with E-state index >= 15 is 0 Å². The van der Waals surface area contributed by atoms with Crippen LogP contribution in [0.25, 0.3) is 11.1 Å². The van der Waals surface area contributed by atoms with Crippen LogP contribution in [0.15, 0.2) is 22.6 Å². The van der Waals surface area contributed by atoms with Gasteiger partial charge in [-0.25, -0.2) is 4.98 Å². The maximum Gasteiger partial charge on any atom is 0.198 e. The number of nitrogens with zero attached hydrogens (tertiary/aromatic N) is 1.